The van der Waals surface area contributed by atoms with Gasteiger partial charge in [0.1, 0.15) is 0 Å². The standard InChI is InChI=1S/C17H22N2O5/c1-17(16(20)18-21)10-13(19-24-17)11-7-8-14(22-2)15(9-11)23-12-5-3-4-6-12/h7-9,12,21H,3-6,10H2,1-2H3,(H,18,20). The minimum Gasteiger partial charge on any atom is -0.493 e. The van der Waals surface area contributed by atoms with Crippen molar-refractivity contribution < 1.29 is 24.3 Å². The summed E-state index contributed by atoms with van der Waals surface area (Å²) in [7, 11) is 1.61. The minimum absolute atomic E-state index is 0.210. The number of ether oxygens (including phenoxy) is 2. The second-order valence-electron chi connectivity index (χ2n) is 6.37. The molecule has 2 N–H and O–H groups in total. The molecule has 0 spiro atoms. The lowest BCUT2D eigenvalue weighted by molar-refractivity contribution is -0.150. The molecule has 0 bridgehead atoms. The summed E-state index contributed by atoms with van der Waals surface area (Å²) >= 11 is 0. The number of benzene rings is 1. The van der Waals surface area contributed by atoms with E-state index < -0.39 is 11.5 Å². The monoisotopic (exact) mass is 334 g/mol. The van der Waals surface area contributed by atoms with Gasteiger partial charge in [0, 0.05) is 12.0 Å². The highest BCUT2D eigenvalue weighted by molar-refractivity contribution is 6.05. The first-order chi connectivity index (χ1) is 11.6. The van der Waals surface area contributed by atoms with Crippen LogP contribution in [0.3, 0.4) is 0 Å². The molecular formula is C17H22N2O5. The van der Waals surface area contributed by atoms with Gasteiger partial charge in [0.2, 0.25) is 5.60 Å². The van der Waals surface area contributed by atoms with Crippen LogP contribution < -0.4 is 15.0 Å². The van der Waals surface area contributed by atoms with Crippen molar-refractivity contribution >= 4 is 11.6 Å². The summed E-state index contributed by atoms with van der Waals surface area (Å²) in [4.78, 5) is 16.9. The van der Waals surface area contributed by atoms with Gasteiger partial charge in [-0.05, 0) is 50.8 Å². The average molecular weight is 334 g/mol. The van der Waals surface area contributed by atoms with Crippen molar-refractivity contribution in [3.8, 4) is 11.5 Å². The third kappa shape index (κ3) is 3.17. The van der Waals surface area contributed by atoms with Crippen molar-refractivity contribution in [2.24, 2.45) is 5.16 Å². The third-order valence-electron chi connectivity index (χ3n) is 4.54. The first-order valence-electron chi connectivity index (χ1n) is 8.10. The smallest absolute Gasteiger partial charge is 0.290 e. The number of hydroxylamine groups is 1. The number of nitrogens with one attached hydrogen (secondary N) is 1. The molecule has 7 heteroatoms. The molecule has 1 amide bonds. The van der Waals surface area contributed by atoms with Gasteiger partial charge >= 0.3 is 0 Å². The third-order valence-corrected chi connectivity index (χ3v) is 4.54. The molecular weight excluding hydrogens is 312 g/mol. The normalized spacial score (nSPS) is 23.5. The maximum Gasteiger partial charge on any atom is 0.290 e. The highest BCUT2D eigenvalue weighted by Crippen LogP contribution is 2.34. The van der Waals surface area contributed by atoms with Crippen molar-refractivity contribution in [1.29, 1.82) is 0 Å². The van der Waals surface area contributed by atoms with Crippen molar-refractivity contribution in [1.82, 2.24) is 5.48 Å². The van der Waals surface area contributed by atoms with E-state index in [2.05, 4.69) is 5.16 Å². The second-order valence-corrected chi connectivity index (χ2v) is 6.37. The van der Waals surface area contributed by atoms with Crippen LogP contribution in [0.2, 0.25) is 0 Å². The Morgan fingerprint density at radius 3 is 2.79 bits per heavy atom. The van der Waals surface area contributed by atoms with Crippen LogP contribution in [0.4, 0.5) is 0 Å². The first kappa shape index (κ1) is 16.6. The lowest BCUT2D eigenvalue weighted by atomic mass is 9.95. The summed E-state index contributed by atoms with van der Waals surface area (Å²) in [5.74, 6) is 0.711. The molecule has 130 valence electrons. The maximum atomic E-state index is 11.7. The Hall–Kier alpha value is -2.28. The van der Waals surface area contributed by atoms with Gasteiger partial charge in [-0.25, -0.2) is 5.48 Å². The van der Waals surface area contributed by atoms with E-state index in [1.54, 1.807) is 19.5 Å². The zero-order valence-corrected chi connectivity index (χ0v) is 13.9. The fraction of sp³-hybridized carbons (Fsp3) is 0.529. The van der Waals surface area contributed by atoms with E-state index in [0.29, 0.717) is 17.2 Å². The van der Waals surface area contributed by atoms with Crippen molar-refractivity contribution in [3.05, 3.63) is 23.8 Å². The lowest BCUT2D eigenvalue weighted by Crippen LogP contribution is -2.43. The molecule has 7 nitrogen and oxygen atoms in total. The molecule has 1 aliphatic carbocycles. The van der Waals surface area contributed by atoms with Gasteiger partial charge < -0.3 is 14.3 Å². The first-order valence-corrected chi connectivity index (χ1v) is 8.10. The summed E-state index contributed by atoms with van der Waals surface area (Å²) in [6.45, 7) is 1.58. The van der Waals surface area contributed by atoms with Crippen molar-refractivity contribution in [2.45, 2.75) is 50.7 Å². The number of amides is 1. The van der Waals surface area contributed by atoms with E-state index in [1.807, 2.05) is 18.2 Å². The topological polar surface area (TPSA) is 89.4 Å². The lowest BCUT2D eigenvalue weighted by Gasteiger charge is -2.18. The SMILES string of the molecule is COc1ccc(C2=NOC(C)(C(=O)NO)C2)cc1OC1CCCC1. The molecule has 1 saturated carbocycles. The molecule has 0 aromatic heterocycles. The molecule has 24 heavy (non-hydrogen) atoms. The zero-order valence-electron chi connectivity index (χ0n) is 13.9. The van der Waals surface area contributed by atoms with Gasteiger partial charge in [0.15, 0.2) is 11.5 Å². The van der Waals surface area contributed by atoms with Crippen LogP contribution in [0.5, 0.6) is 11.5 Å². The fourth-order valence-electron chi connectivity index (χ4n) is 3.07. The Labute approximate surface area is 140 Å². The molecule has 1 fully saturated rings. The van der Waals surface area contributed by atoms with Crippen molar-refractivity contribution in [2.75, 3.05) is 7.11 Å². The van der Waals surface area contributed by atoms with E-state index in [1.165, 1.54) is 12.8 Å². The quantitative estimate of drug-likeness (QED) is 0.637. The highest BCUT2D eigenvalue weighted by Gasteiger charge is 2.42. The number of hydrogen-bond acceptors (Lipinski definition) is 6. The largest absolute Gasteiger partial charge is 0.493 e. The molecule has 1 heterocycles. The number of carbonyl (C=O) groups is 1. The van der Waals surface area contributed by atoms with Gasteiger partial charge in [0.05, 0.1) is 18.9 Å². The van der Waals surface area contributed by atoms with Gasteiger partial charge in [-0.3, -0.25) is 10.0 Å². The van der Waals surface area contributed by atoms with Crippen LogP contribution in [0.1, 0.15) is 44.6 Å². The van der Waals surface area contributed by atoms with Gasteiger partial charge in [-0.15, -0.1) is 0 Å². The zero-order chi connectivity index (χ0) is 17.2. The second kappa shape index (κ2) is 6.68. The molecule has 1 unspecified atom stereocenters. The number of rotatable bonds is 5. The van der Waals surface area contributed by atoms with Crippen molar-refractivity contribution in [3.63, 3.8) is 0 Å². The van der Waals surface area contributed by atoms with E-state index in [0.717, 1.165) is 18.4 Å². The Morgan fingerprint density at radius 1 is 1.38 bits per heavy atom. The van der Waals surface area contributed by atoms with Crippen LogP contribution in [0, 0.1) is 0 Å². The number of hydrogen-bond donors (Lipinski definition) is 2. The van der Waals surface area contributed by atoms with Gasteiger partial charge in [0.25, 0.3) is 5.91 Å². The fourth-order valence-corrected chi connectivity index (χ4v) is 3.07. The molecule has 1 aromatic carbocycles. The number of oxime groups is 1. The molecule has 1 atom stereocenters. The molecule has 3 rings (SSSR count). The van der Waals surface area contributed by atoms with E-state index in [9.17, 15) is 4.79 Å². The summed E-state index contributed by atoms with van der Waals surface area (Å²) in [5, 5.41) is 12.8. The minimum atomic E-state index is -1.21. The number of nitrogens with zero attached hydrogens (tertiary/aromatic N) is 1. The van der Waals surface area contributed by atoms with Gasteiger partial charge in [-0.2, -0.15) is 0 Å². The molecule has 1 aliphatic heterocycles. The summed E-state index contributed by atoms with van der Waals surface area (Å²) in [6.07, 6.45) is 4.93. The van der Waals surface area contributed by atoms with Crippen LogP contribution >= 0.6 is 0 Å². The Balaban J connectivity index is 1.80. The molecule has 0 radical (unpaired) electrons. The number of carbonyl (C=O) groups excluding carboxylic acids is 1. The Bertz CT molecular complexity index is 654. The molecule has 2 aliphatic rings. The number of methoxy groups -OCH3 is 1. The van der Waals surface area contributed by atoms with E-state index in [-0.39, 0.29) is 12.5 Å². The molecule has 0 saturated heterocycles. The van der Waals surface area contributed by atoms with Crippen LogP contribution in [0.15, 0.2) is 23.4 Å². The van der Waals surface area contributed by atoms with E-state index >= 15 is 0 Å². The average Bonchev–Trinajstić information content (AvgIpc) is 3.24. The van der Waals surface area contributed by atoms with Crippen LogP contribution in [0.25, 0.3) is 0 Å². The van der Waals surface area contributed by atoms with Gasteiger partial charge in [-0.1, -0.05) is 5.16 Å². The Kier molecular flexibility index (Phi) is 4.62. The van der Waals surface area contributed by atoms with E-state index in [4.69, 9.17) is 19.5 Å². The predicted octanol–water partition coefficient (Wildman–Crippen LogP) is 2.41. The molecule has 1 aromatic rings. The summed E-state index contributed by atoms with van der Waals surface area (Å²) in [5.41, 5.74) is 1.83. The predicted molar refractivity (Wildman–Crippen MR) is 86.5 cm³/mol. The summed E-state index contributed by atoms with van der Waals surface area (Å²) in [6, 6.07) is 5.54. The van der Waals surface area contributed by atoms with Crippen LogP contribution in [-0.2, 0) is 9.63 Å². The summed E-state index contributed by atoms with van der Waals surface area (Å²) < 4.78 is 11.5. The Morgan fingerprint density at radius 2 is 2.12 bits per heavy atom. The highest BCUT2D eigenvalue weighted by atomic mass is 16.7. The van der Waals surface area contributed by atoms with Crippen LogP contribution in [-0.4, -0.2) is 35.6 Å². The maximum absolute atomic E-state index is 11.7.